The number of aliphatic hydroxyl groups is 1. The molecule has 106 valence electrons. The molecule has 2 rings (SSSR count). The Morgan fingerprint density at radius 1 is 1.37 bits per heavy atom. The predicted octanol–water partition coefficient (Wildman–Crippen LogP) is 2.06. The number of sulfone groups is 1. The Labute approximate surface area is 111 Å². The number of benzene rings is 1. The van der Waals surface area contributed by atoms with Crippen molar-refractivity contribution in [1.82, 2.24) is 0 Å². The Bertz CT molecular complexity index is 613. The van der Waals surface area contributed by atoms with Gasteiger partial charge < -0.3 is 5.11 Å². The van der Waals surface area contributed by atoms with E-state index >= 15 is 0 Å². The zero-order valence-electron chi connectivity index (χ0n) is 10.8. The molecule has 1 aliphatic rings. The molecule has 1 aliphatic carbocycles. The van der Waals surface area contributed by atoms with Gasteiger partial charge in [0.2, 0.25) is 0 Å². The molecule has 0 aromatic heterocycles. The third-order valence-corrected chi connectivity index (χ3v) is 5.45. The first-order chi connectivity index (χ1) is 8.68. The van der Waals surface area contributed by atoms with Gasteiger partial charge in [-0.25, -0.2) is 17.2 Å². The van der Waals surface area contributed by atoms with Crippen molar-refractivity contribution >= 4 is 9.84 Å². The largest absolute Gasteiger partial charge is 0.384 e. The summed E-state index contributed by atoms with van der Waals surface area (Å²) in [4.78, 5) is 0. The van der Waals surface area contributed by atoms with Crippen molar-refractivity contribution in [1.29, 1.82) is 0 Å². The molecule has 0 bridgehead atoms. The Balaban J connectivity index is 2.66. The second-order valence-corrected chi connectivity index (χ2v) is 7.42. The second kappa shape index (κ2) is 4.52. The van der Waals surface area contributed by atoms with Gasteiger partial charge in [-0.3, -0.25) is 0 Å². The number of hydrogen-bond acceptors (Lipinski definition) is 3. The maximum atomic E-state index is 14.1. The minimum Gasteiger partial charge on any atom is -0.384 e. The summed E-state index contributed by atoms with van der Waals surface area (Å²) >= 11 is 0. The highest BCUT2D eigenvalue weighted by Gasteiger charge is 2.50. The number of halogens is 2. The molecule has 0 heterocycles. The molecule has 2 unspecified atom stereocenters. The number of rotatable bonds is 2. The quantitative estimate of drug-likeness (QED) is 0.907. The minimum atomic E-state index is -3.59. The van der Waals surface area contributed by atoms with Crippen LogP contribution >= 0.6 is 0 Å². The lowest BCUT2D eigenvalue weighted by Crippen LogP contribution is -2.41. The van der Waals surface area contributed by atoms with Crippen LogP contribution in [0.1, 0.15) is 30.4 Å². The van der Waals surface area contributed by atoms with Gasteiger partial charge >= 0.3 is 0 Å². The molecule has 6 heteroatoms. The van der Waals surface area contributed by atoms with Crippen molar-refractivity contribution in [2.45, 2.75) is 37.0 Å². The van der Waals surface area contributed by atoms with Gasteiger partial charge in [-0.1, -0.05) is 6.07 Å². The van der Waals surface area contributed by atoms with E-state index in [0.717, 1.165) is 12.3 Å². The molecule has 0 aliphatic heterocycles. The van der Waals surface area contributed by atoms with Crippen LogP contribution in [-0.4, -0.2) is 25.0 Å². The zero-order chi connectivity index (χ0) is 14.4. The van der Waals surface area contributed by atoms with Gasteiger partial charge in [0.1, 0.15) is 17.2 Å². The van der Waals surface area contributed by atoms with E-state index in [0.29, 0.717) is 6.42 Å². The average molecular weight is 290 g/mol. The van der Waals surface area contributed by atoms with Crippen LogP contribution in [0.5, 0.6) is 0 Å². The van der Waals surface area contributed by atoms with Crippen molar-refractivity contribution in [2.24, 2.45) is 0 Å². The molecule has 1 fully saturated rings. The van der Waals surface area contributed by atoms with E-state index in [4.69, 9.17) is 0 Å². The third kappa shape index (κ3) is 2.27. The fourth-order valence-electron chi connectivity index (χ4n) is 2.86. The number of aryl methyl sites for hydroxylation is 1. The third-order valence-electron chi connectivity index (χ3n) is 3.79. The molecule has 0 amide bonds. The Morgan fingerprint density at radius 3 is 2.58 bits per heavy atom. The van der Waals surface area contributed by atoms with Gasteiger partial charge in [-0.2, -0.15) is 0 Å². The zero-order valence-corrected chi connectivity index (χ0v) is 11.6. The SMILES string of the molecule is Cc1ccc(F)c(C2(O)CCCC2S(C)(=O)=O)c1F. The van der Waals surface area contributed by atoms with E-state index in [1.165, 1.54) is 13.0 Å². The van der Waals surface area contributed by atoms with Crippen molar-refractivity contribution in [3.63, 3.8) is 0 Å². The number of hydrogen-bond donors (Lipinski definition) is 1. The highest BCUT2D eigenvalue weighted by Crippen LogP contribution is 2.44. The molecule has 2 atom stereocenters. The van der Waals surface area contributed by atoms with Gasteiger partial charge in [0.25, 0.3) is 0 Å². The van der Waals surface area contributed by atoms with Crippen LogP contribution in [0.4, 0.5) is 8.78 Å². The molecule has 0 radical (unpaired) electrons. The smallest absolute Gasteiger partial charge is 0.153 e. The predicted molar refractivity (Wildman–Crippen MR) is 67.5 cm³/mol. The minimum absolute atomic E-state index is 0.0437. The molecule has 1 N–H and O–H groups in total. The van der Waals surface area contributed by atoms with Crippen molar-refractivity contribution in [3.8, 4) is 0 Å². The van der Waals surface area contributed by atoms with E-state index < -0.39 is 37.9 Å². The van der Waals surface area contributed by atoms with Gasteiger partial charge in [0.05, 0.1) is 10.8 Å². The summed E-state index contributed by atoms with van der Waals surface area (Å²) in [6.07, 6.45) is 1.66. The van der Waals surface area contributed by atoms with Gasteiger partial charge in [0.15, 0.2) is 9.84 Å². The van der Waals surface area contributed by atoms with Crippen molar-refractivity contribution in [3.05, 3.63) is 34.9 Å². The maximum absolute atomic E-state index is 14.1. The molecule has 3 nitrogen and oxygen atoms in total. The van der Waals surface area contributed by atoms with Gasteiger partial charge in [-0.15, -0.1) is 0 Å². The summed E-state index contributed by atoms with van der Waals surface area (Å²) in [6, 6.07) is 2.32. The van der Waals surface area contributed by atoms with E-state index in [1.54, 1.807) is 0 Å². The van der Waals surface area contributed by atoms with Crippen LogP contribution in [-0.2, 0) is 15.4 Å². The van der Waals surface area contributed by atoms with Gasteiger partial charge in [0, 0.05) is 6.26 Å². The Hall–Kier alpha value is -1.01. The lowest BCUT2D eigenvalue weighted by atomic mass is 9.89. The fourth-order valence-corrected chi connectivity index (χ4v) is 4.40. The van der Waals surface area contributed by atoms with Crippen molar-refractivity contribution < 1.29 is 22.3 Å². The highest BCUT2D eigenvalue weighted by molar-refractivity contribution is 7.91. The van der Waals surface area contributed by atoms with E-state index in [9.17, 15) is 22.3 Å². The molecule has 1 saturated carbocycles. The molecular formula is C13H16F2O3S. The summed E-state index contributed by atoms with van der Waals surface area (Å²) in [5.74, 6) is -1.76. The lowest BCUT2D eigenvalue weighted by molar-refractivity contribution is 0.0399. The highest BCUT2D eigenvalue weighted by atomic mass is 32.2. The maximum Gasteiger partial charge on any atom is 0.153 e. The van der Waals surface area contributed by atoms with Crippen LogP contribution in [0.25, 0.3) is 0 Å². The molecule has 19 heavy (non-hydrogen) atoms. The van der Waals surface area contributed by atoms with E-state index in [-0.39, 0.29) is 18.4 Å². The van der Waals surface area contributed by atoms with Crippen LogP contribution in [0.3, 0.4) is 0 Å². The molecule has 1 aromatic carbocycles. The van der Waals surface area contributed by atoms with Crippen LogP contribution in [0, 0.1) is 18.6 Å². The summed E-state index contributed by atoms with van der Waals surface area (Å²) in [5.41, 5.74) is -2.31. The van der Waals surface area contributed by atoms with Crippen LogP contribution in [0.2, 0.25) is 0 Å². The molecular weight excluding hydrogens is 274 g/mol. The van der Waals surface area contributed by atoms with Gasteiger partial charge in [-0.05, 0) is 37.8 Å². The second-order valence-electron chi connectivity index (χ2n) is 5.19. The van der Waals surface area contributed by atoms with Crippen LogP contribution < -0.4 is 0 Å². The first kappa shape index (κ1) is 14.4. The van der Waals surface area contributed by atoms with E-state index in [2.05, 4.69) is 0 Å². The standard InChI is InChI=1S/C13H16F2O3S/c1-8-5-6-9(14)11(12(8)15)13(16)7-3-4-10(13)19(2,17)18/h5-6,10,16H,3-4,7H2,1-2H3. The Kier molecular flexibility index (Phi) is 3.43. The summed E-state index contributed by atoms with van der Waals surface area (Å²) < 4.78 is 51.5. The molecule has 0 spiro atoms. The summed E-state index contributed by atoms with van der Waals surface area (Å²) in [6.45, 7) is 1.45. The summed E-state index contributed by atoms with van der Waals surface area (Å²) in [7, 11) is -3.59. The molecule has 0 saturated heterocycles. The molecule has 1 aromatic rings. The normalized spacial score (nSPS) is 27.7. The first-order valence-corrected chi connectivity index (χ1v) is 7.99. The lowest BCUT2D eigenvalue weighted by Gasteiger charge is -2.30. The topological polar surface area (TPSA) is 54.4 Å². The average Bonchev–Trinajstić information content (AvgIpc) is 2.67. The van der Waals surface area contributed by atoms with Crippen LogP contribution in [0.15, 0.2) is 12.1 Å². The fraction of sp³-hybridized carbons (Fsp3) is 0.538. The monoisotopic (exact) mass is 290 g/mol. The Morgan fingerprint density at radius 2 is 2.00 bits per heavy atom. The summed E-state index contributed by atoms with van der Waals surface area (Å²) in [5, 5.41) is 9.42. The first-order valence-electron chi connectivity index (χ1n) is 6.04. The van der Waals surface area contributed by atoms with Crippen molar-refractivity contribution in [2.75, 3.05) is 6.26 Å². The van der Waals surface area contributed by atoms with E-state index in [1.807, 2.05) is 0 Å².